The van der Waals surface area contributed by atoms with E-state index in [9.17, 15) is 0 Å². The molecular formula is C16H21N3O2S. The second-order valence-corrected chi connectivity index (χ2v) is 6.42. The first-order chi connectivity index (χ1) is 10.8. The third-order valence-corrected chi connectivity index (χ3v) is 4.60. The van der Waals surface area contributed by atoms with Gasteiger partial charge in [0, 0.05) is 24.8 Å². The largest absolute Gasteiger partial charge is 0.394 e. The number of rotatable bonds is 5. The fourth-order valence-electron chi connectivity index (χ4n) is 2.73. The van der Waals surface area contributed by atoms with Gasteiger partial charge in [0.1, 0.15) is 5.82 Å². The fourth-order valence-corrected chi connectivity index (χ4v) is 3.39. The minimum Gasteiger partial charge on any atom is -0.394 e. The van der Waals surface area contributed by atoms with Gasteiger partial charge in [-0.3, -0.25) is 0 Å². The summed E-state index contributed by atoms with van der Waals surface area (Å²) in [5.74, 6) is 1.76. The average molecular weight is 319 g/mol. The molecule has 2 aromatic heterocycles. The van der Waals surface area contributed by atoms with Crippen molar-refractivity contribution in [2.24, 2.45) is 0 Å². The standard InChI is InChI=1S/C16H21N3O2S/c1-12-10-15(18-16(17-12)14-5-3-9-22-14)19-6-2-4-13(11-19)21-8-7-20/h3,5,9-10,13,20H,2,4,6-8,11H2,1H3. The third kappa shape index (κ3) is 3.63. The van der Waals surface area contributed by atoms with Crippen LogP contribution >= 0.6 is 11.3 Å². The van der Waals surface area contributed by atoms with Crippen LogP contribution in [-0.2, 0) is 4.74 Å². The molecule has 118 valence electrons. The zero-order valence-electron chi connectivity index (χ0n) is 12.7. The Hall–Kier alpha value is -1.50. The Morgan fingerprint density at radius 1 is 1.45 bits per heavy atom. The summed E-state index contributed by atoms with van der Waals surface area (Å²) in [4.78, 5) is 12.6. The molecule has 2 aromatic rings. The molecule has 0 amide bonds. The minimum atomic E-state index is 0.0750. The van der Waals surface area contributed by atoms with E-state index in [-0.39, 0.29) is 12.7 Å². The zero-order valence-corrected chi connectivity index (χ0v) is 13.6. The van der Waals surface area contributed by atoms with Crippen LogP contribution in [0.3, 0.4) is 0 Å². The smallest absolute Gasteiger partial charge is 0.171 e. The number of hydrogen-bond donors (Lipinski definition) is 1. The van der Waals surface area contributed by atoms with Gasteiger partial charge in [0.2, 0.25) is 0 Å². The number of ether oxygens (including phenoxy) is 1. The van der Waals surface area contributed by atoms with Gasteiger partial charge in [-0.15, -0.1) is 11.3 Å². The van der Waals surface area contributed by atoms with Gasteiger partial charge in [-0.25, -0.2) is 9.97 Å². The SMILES string of the molecule is Cc1cc(N2CCCC(OCCO)C2)nc(-c2cccs2)n1. The second-order valence-electron chi connectivity index (χ2n) is 5.47. The normalized spacial score (nSPS) is 18.6. The molecule has 0 bridgehead atoms. The summed E-state index contributed by atoms with van der Waals surface area (Å²) >= 11 is 1.66. The molecule has 1 fully saturated rings. The Morgan fingerprint density at radius 3 is 3.14 bits per heavy atom. The van der Waals surface area contributed by atoms with Crippen molar-refractivity contribution in [2.45, 2.75) is 25.9 Å². The molecule has 0 spiro atoms. The van der Waals surface area contributed by atoms with Crippen molar-refractivity contribution in [1.29, 1.82) is 0 Å². The summed E-state index contributed by atoms with van der Waals surface area (Å²) in [5.41, 5.74) is 0.979. The monoisotopic (exact) mass is 319 g/mol. The zero-order chi connectivity index (χ0) is 15.4. The maximum Gasteiger partial charge on any atom is 0.171 e. The van der Waals surface area contributed by atoms with E-state index >= 15 is 0 Å². The summed E-state index contributed by atoms with van der Waals surface area (Å²) in [6, 6.07) is 6.10. The second kappa shape index (κ2) is 7.17. The molecule has 6 heteroatoms. The van der Waals surface area contributed by atoms with Crippen LogP contribution in [0.2, 0.25) is 0 Å². The van der Waals surface area contributed by atoms with E-state index in [1.54, 1.807) is 11.3 Å². The van der Waals surface area contributed by atoms with Crippen LogP contribution in [-0.4, -0.2) is 47.5 Å². The number of aliphatic hydroxyl groups is 1. The highest BCUT2D eigenvalue weighted by Gasteiger charge is 2.22. The van der Waals surface area contributed by atoms with E-state index < -0.39 is 0 Å². The minimum absolute atomic E-state index is 0.0750. The highest BCUT2D eigenvalue weighted by atomic mass is 32.1. The molecule has 22 heavy (non-hydrogen) atoms. The highest BCUT2D eigenvalue weighted by molar-refractivity contribution is 7.13. The molecule has 1 aliphatic heterocycles. The summed E-state index contributed by atoms with van der Waals surface area (Å²) in [6.45, 7) is 4.29. The van der Waals surface area contributed by atoms with E-state index in [0.717, 1.165) is 48.1 Å². The molecule has 0 saturated carbocycles. The Balaban J connectivity index is 1.79. The fraction of sp³-hybridized carbons (Fsp3) is 0.500. The topological polar surface area (TPSA) is 58.5 Å². The molecule has 3 rings (SSSR count). The van der Waals surface area contributed by atoms with E-state index in [1.807, 2.05) is 30.5 Å². The van der Waals surface area contributed by atoms with Crippen molar-refractivity contribution in [2.75, 3.05) is 31.2 Å². The van der Waals surface area contributed by atoms with Gasteiger partial charge in [-0.2, -0.15) is 0 Å². The van der Waals surface area contributed by atoms with Crippen molar-refractivity contribution in [1.82, 2.24) is 9.97 Å². The molecule has 0 radical (unpaired) electrons. The van der Waals surface area contributed by atoms with Gasteiger partial charge in [0.05, 0.1) is 24.2 Å². The number of piperidine rings is 1. The number of aryl methyl sites for hydroxylation is 1. The van der Waals surface area contributed by atoms with Gasteiger partial charge >= 0.3 is 0 Å². The van der Waals surface area contributed by atoms with Crippen molar-refractivity contribution in [3.05, 3.63) is 29.3 Å². The van der Waals surface area contributed by atoms with Crippen LogP contribution in [0.5, 0.6) is 0 Å². The first-order valence-electron chi connectivity index (χ1n) is 7.63. The maximum absolute atomic E-state index is 8.90. The number of anilines is 1. The van der Waals surface area contributed by atoms with Gasteiger partial charge in [0.15, 0.2) is 5.82 Å². The molecule has 5 nitrogen and oxygen atoms in total. The lowest BCUT2D eigenvalue weighted by atomic mass is 10.1. The van der Waals surface area contributed by atoms with Crippen LogP contribution < -0.4 is 4.90 Å². The lowest BCUT2D eigenvalue weighted by Gasteiger charge is -2.33. The molecule has 1 N–H and O–H groups in total. The van der Waals surface area contributed by atoms with E-state index in [0.29, 0.717) is 6.61 Å². The number of nitrogens with zero attached hydrogens (tertiary/aromatic N) is 3. The number of thiophene rings is 1. The van der Waals surface area contributed by atoms with Gasteiger partial charge < -0.3 is 14.7 Å². The van der Waals surface area contributed by atoms with Crippen LogP contribution in [0.1, 0.15) is 18.5 Å². The predicted octanol–water partition coefficient (Wildman–Crippen LogP) is 2.49. The molecule has 0 aliphatic carbocycles. The lowest BCUT2D eigenvalue weighted by molar-refractivity contribution is 0.0213. The first kappa shape index (κ1) is 15.4. The highest BCUT2D eigenvalue weighted by Crippen LogP contribution is 2.26. The molecule has 3 heterocycles. The van der Waals surface area contributed by atoms with Gasteiger partial charge in [-0.05, 0) is 31.2 Å². The Morgan fingerprint density at radius 2 is 2.36 bits per heavy atom. The maximum atomic E-state index is 8.90. The summed E-state index contributed by atoms with van der Waals surface area (Å²) in [7, 11) is 0. The van der Waals surface area contributed by atoms with Crippen LogP contribution in [0.25, 0.3) is 10.7 Å². The Bertz CT molecular complexity index is 603. The van der Waals surface area contributed by atoms with Crippen molar-refractivity contribution in [3.8, 4) is 10.7 Å². The average Bonchev–Trinajstić information content (AvgIpc) is 3.07. The molecule has 1 saturated heterocycles. The first-order valence-corrected chi connectivity index (χ1v) is 8.51. The Labute approximate surface area is 134 Å². The number of aliphatic hydroxyl groups excluding tert-OH is 1. The lowest BCUT2D eigenvalue weighted by Crippen LogP contribution is -2.40. The van der Waals surface area contributed by atoms with Gasteiger partial charge in [0.25, 0.3) is 0 Å². The molecule has 1 atom stereocenters. The quantitative estimate of drug-likeness (QED) is 0.917. The third-order valence-electron chi connectivity index (χ3n) is 3.73. The van der Waals surface area contributed by atoms with Crippen molar-refractivity contribution >= 4 is 17.2 Å². The summed E-state index contributed by atoms with van der Waals surface area (Å²) < 4.78 is 5.68. The van der Waals surface area contributed by atoms with Crippen LogP contribution in [0.15, 0.2) is 23.6 Å². The van der Waals surface area contributed by atoms with Crippen molar-refractivity contribution < 1.29 is 9.84 Å². The molecular weight excluding hydrogens is 298 g/mol. The summed E-state index contributed by atoms with van der Waals surface area (Å²) in [6.07, 6.45) is 2.28. The van der Waals surface area contributed by atoms with Crippen molar-refractivity contribution in [3.63, 3.8) is 0 Å². The van der Waals surface area contributed by atoms with E-state index in [2.05, 4.69) is 9.88 Å². The molecule has 0 aromatic carbocycles. The van der Waals surface area contributed by atoms with Crippen LogP contribution in [0.4, 0.5) is 5.82 Å². The molecule has 1 unspecified atom stereocenters. The predicted molar refractivity (Wildman–Crippen MR) is 88.4 cm³/mol. The molecule has 1 aliphatic rings. The summed E-state index contributed by atoms with van der Waals surface area (Å²) in [5, 5.41) is 10.9. The number of hydrogen-bond acceptors (Lipinski definition) is 6. The van der Waals surface area contributed by atoms with E-state index in [1.165, 1.54) is 0 Å². The van der Waals surface area contributed by atoms with Gasteiger partial charge in [-0.1, -0.05) is 6.07 Å². The Kier molecular flexibility index (Phi) is 5.02. The number of aromatic nitrogens is 2. The van der Waals surface area contributed by atoms with E-state index in [4.69, 9.17) is 14.8 Å². The van der Waals surface area contributed by atoms with Crippen LogP contribution in [0, 0.1) is 6.92 Å².